The van der Waals surface area contributed by atoms with Crippen molar-refractivity contribution >= 4 is 5.71 Å². The molecular weight excluding hydrogens is 204 g/mol. The van der Waals surface area contributed by atoms with Gasteiger partial charge in [-0.15, -0.1) is 0 Å². The molecule has 88 valence electrons. The van der Waals surface area contributed by atoms with Gasteiger partial charge in [0.05, 0.1) is 19.9 Å². The molecule has 0 aromatic heterocycles. The largest absolute Gasteiger partial charge is 0.497 e. The van der Waals surface area contributed by atoms with E-state index in [4.69, 9.17) is 9.47 Å². The van der Waals surface area contributed by atoms with E-state index in [1.54, 1.807) is 19.2 Å². The van der Waals surface area contributed by atoms with Crippen molar-refractivity contribution in [1.29, 1.82) is 0 Å². The standard InChI is InChI=1S/C12H18N2O2/c1-9(13-14(2)3)10-6-11(15-4)8-12(7-10)16-5/h6-8H,1-5H3/b13-9+. The molecule has 1 aromatic rings. The minimum absolute atomic E-state index is 0.766. The van der Waals surface area contributed by atoms with Crippen LogP contribution < -0.4 is 9.47 Å². The molecule has 0 saturated carbocycles. The third-order valence-electron chi connectivity index (χ3n) is 2.12. The second-order valence-corrected chi connectivity index (χ2v) is 3.63. The van der Waals surface area contributed by atoms with Gasteiger partial charge in [-0.2, -0.15) is 5.10 Å². The Morgan fingerprint density at radius 3 is 1.94 bits per heavy atom. The number of hydrazone groups is 1. The van der Waals surface area contributed by atoms with Gasteiger partial charge >= 0.3 is 0 Å². The highest BCUT2D eigenvalue weighted by molar-refractivity contribution is 5.99. The fraction of sp³-hybridized carbons (Fsp3) is 0.417. The Balaban J connectivity index is 3.12. The second kappa shape index (κ2) is 5.39. The lowest BCUT2D eigenvalue weighted by atomic mass is 10.1. The van der Waals surface area contributed by atoms with E-state index < -0.39 is 0 Å². The summed E-state index contributed by atoms with van der Waals surface area (Å²) in [7, 11) is 7.05. The first-order valence-electron chi connectivity index (χ1n) is 5.02. The zero-order valence-electron chi connectivity index (χ0n) is 10.4. The molecule has 4 heteroatoms. The third kappa shape index (κ3) is 3.15. The van der Waals surface area contributed by atoms with Gasteiger partial charge in [-0.1, -0.05) is 0 Å². The number of hydrogen-bond acceptors (Lipinski definition) is 4. The van der Waals surface area contributed by atoms with E-state index in [9.17, 15) is 0 Å². The second-order valence-electron chi connectivity index (χ2n) is 3.63. The quantitative estimate of drug-likeness (QED) is 0.577. The van der Waals surface area contributed by atoms with Crippen molar-refractivity contribution in [3.63, 3.8) is 0 Å². The molecule has 0 N–H and O–H groups in total. The maximum absolute atomic E-state index is 5.20. The predicted molar refractivity (Wildman–Crippen MR) is 65.4 cm³/mol. The fourth-order valence-electron chi connectivity index (χ4n) is 1.37. The van der Waals surface area contributed by atoms with Gasteiger partial charge in [-0.25, -0.2) is 0 Å². The lowest BCUT2D eigenvalue weighted by Crippen LogP contribution is -2.07. The van der Waals surface area contributed by atoms with E-state index >= 15 is 0 Å². The Labute approximate surface area is 96.5 Å². The monoisotopic (exact) mass is 222 g/mol. The summed E-state index contributed by atoms with van der Waals surface area (Å²) in [5.74, 6) is 1.53. The van der Waals surface area contributed by atoms with Crippen molar-refractivity contribution in [3.8, 4) is 11.5 Å². The first-order chi connectivity index (χ1) is 7.56. The van der Waals surface area contributed by atoms with Gasteiger partial charge in [0.2, 0.25) is 0 Å². The summed E-state index contributed by atoms with van der Waals surface area (Å²) in [6.07, 6.45) is 0. The van der Waals surface area contributed by atoms with Crippen molar-refractivity contribution in [2.24, 2.45) is 5.10 Å². The highest BCUT2D eigenvalue weighted by Gasteiger charge is 2.04. The number of benzene rings is 1. The Bertz CT molecular complexity index is 364. The lowest BCUT2D eigenvalue weighted by Gasteiger charge is -2.10. The molecule has 0 fully saturated rings. The third-order valence-corrected chi connectivity index (χ3v) is 2.12. The Hall–Kier alpha value is -1.71. The molecule has 0 aliphatic rings. The van der Waals surface area contributed by atoms with Crippen molar-refractivity contribution in [1.82, 2.24) is 5.01 Å². The van der Waals surface area contributed by atoms with Gasteiger partial charge < -0.3 is 14.5 Å². The summed E-state index contributed by atoms with van der Waals surface area (Å²) < 4.78 is 10.4. The van der Waals surface area contributed by atoms with Crippen molar-refractivity contribution in [3.05, 3.63) is 23.8 Å². The van der Waals surface area contributed by atoms with Crippen LogP contribution in [0.2, 0.25) is 0 Å². The van der Waals surface area contributed by atoms with E-state index in [-0.39, 0.29) is 0 Å². The first-order valence-corrected chi connectivity index (χ1v) is 5.02. The van der Waals surface area contributed by atoms with Gasteiger partial charge in [0.15, 0.2) is 0 Å². The summed E-state index contributed by atoms with van der Waals surface area (Å²) in [6, 6.07) is 5.71. The molecule has 0 spiro atoms. The highest BCUT2D eigenvalue weighted by atomic mass is 16.5. The molecule has 0 unspecified atom stereocenters. The van der Waals surface area contributed by atoms with Crippen molar-refractivity contribution in [2.75, 3.05) is 28.3 Å². The van der Waals surface area contributed by atoms with Crippen LogP contribution in [0.25, 0.3) is 0 Å². The van der Waals surface area contributed by atoms with Crippen LogP contribution in [-0.4, -0.2) is 39.0 Å². The summed E-state index contributed by atoms with van der Waals surface area (Å²) in [5.41, 5.74) is 1.91. The molecule has 0 heterocycles. The maximum Gasteiger partial charge on any atom is 0.123 e. The van der Waals surface area contributed by atoms with Crippen LogP contribution in [0.1, 0.15) is 12.5 Å². The minimum Gasteiger partial charge on any atom is -0.497 e. The Morgan fingerprint density at radius 1 is 1.06 bits per heavy atom. The Kier molecular flexibility index (Phi) is 4.17. The van der Waals surface area contributed by atoms with Crippen LogP contribution in [0.15, 0.2) is 23.3 Å². The molecule has 0 radical (unpaired) electrons. The molecule has 1 rings (SSSR count). The predicted octanol–water partition coefficient (Wildman–Crippen LogP) is 1.99. The molecule has 16 heavy (non-hydrogen) atoms. The van der Waals surface area contributed by atoms with Crippen LogP contribution in [0.3, 0.4) is 0 Å². The van der Waals surface area contributed by atoms with E-state index in [2.05, 4.69) is 5.10 Å². The maximum atomic E-state index is 5.20. The number of hydrogen-bond donors (Lipinski definition) is 0. The number of methoxy groups -OCH3 is 2. The molecule has 0 atom stereocenters. The average Bonchev–Trinajstić information content (AvgIpc) is 2.27. The normalized spacial score (nSPS) is 11.2. The molecule has 0 aliphatic carbocycles. The number of rotatable bonds is 4. The summed E-state index contributed by atoms with van der Waals surface area (Å²) >= 11 is 0. The van der Waals surface area contributed by atoms with Crippen LogP contribution >= 0.6 is 0 Å². The fourth-order valence-corrected chi connectivity index (χ4v) is 1.37. The summed E-state index contributed by atoms with van der Waals surface area (Å²) in [6.45, 7) is 1.95. The number of ether oxygens (including phenoxy) is 2. The first kappa shape index (κ1) is 12.4. The van der Waals surface area contributed by atoms with Gasteiger partial charge in [-0.05, 0) is 19.1 Å². The Morgan fingerprint density at radius 2 is 1.56 bits per heavy atom. The SMILES string of the molecule is COc1cc(OC)cc(/C(C)=N/N(C)C)c1. The number of nitrogens with zero attached hydrogens (tertiary/aromatic N) is 2. The summed E-state index contributed by atoms with van der Waals surface area (Å²) in [5, 5.41) is 6.10. The zero-order chi connectivity index (χ0) is 12.1. The molecule has 0 bridgehead atoms. The van der Waals surface area contributed by atoms with Crippen LogP contribution in [0.4, 0.5) is 0 Å². The topological polar surface area (TPSA) is 34.1 Å². The van der Waals surface area contributed by atoms with Gasteiger partial charge in [0, 0.05) is 25.7 Å². The average molecular weight is 222 g/mol. The van der Waals surface area contributed by atoms with Crippen molar-refractivity contribution < 1.29 is 9.47 Å². The van der Waals surface area contributed by atoms with E-state index in [0.717, 1.165) is 22.8 Å². The van der Waals surface area contributed by atoms with E-state index in [1.165, 1.54) is 0 Å². The van der Waals surface area contributed by atoms with Crippen LogP contribution in [-0.2, 0) is 0 Å². The highest BCUT2D eigenvalue weighted by Crippen LogP contribution is 2.22. The molecule has 0 aliphatic heterocycles. The van der Waals surface area contributed by atoms with Crippen LogP contribution in [0.5, 0.6) is 11.5 Å². The molecule has 0 saturated heterocycles. The van der Waals surface area contributed by atoms with Crippen molar-refractivity contribution in [2.45, 2.75) is 6.92 Å². The van der Waals surface area contributed by atoms with Gasteiger partial charge in [-0.3, -0.25) is 0 Å². The minimum atomic E-state index is 0.766. The molecule has 4 nitrogen and oxygen atoms in total. The van der Waals surface area contributed by atoms with Crippen LogP contribution in [0, 0.1) is 0 Å². The van der Waals surface area contributed by atoms with E-state index in [1.807, 2.05) is 39.2 Å². The smallest absolute Gasteiger partial charge is 0.123 e. The molecule has 1 aromatic carbocycles. The molecule has 0 amide bonds. The summed E-state index contributed by atoms with van der Waals surface area (Å²) in [4.78, 5) is 0. The molecular formula is C12H18N2O2. The van der Waals surface area contributed by atoms with Gasteiger partial charge in [0.1, 0.15) is 11.5 Å². The van der Waals surface area contributed by atoms with E-state index in [0.29, 0.717) is 0 Å². The van der Waals surface area contributed by atoms with Gasteiger partial charge in [0.25, 0.3) is 0 Å². The zero-order valence-corrected chi connectivity index (χ0v) is 10.4. The lowest BCUT2D eigenvalue weighted by molar-refractivity contribution is 0.394.